The predicted molar refractivity (Wildman–Crippen MR) is 79.3 cm³/mol. The van der Waals surface area contributed by atoms with Gasteiger partial charge in [0.1, 0.15) is 5.75 Å². The van der Waals surface area contributed by atoms with E-state index in [-0.39, 0.29) is 0 Å². The molecule has 0 bridgehead atoms. The van der Waals surface area contributed by atoms with Crippen LogP contribution in [0.4, 0.5) is 0 Å². The molecule has 1 rings (SSSR count). The Kier molecular flexibility index (Phi) is 6.24. The molecule has 0 aromatic heterocycles. The van der Waals surface area contributed by atoms with Gasteiger partial charge in [0, 0.05) is 0 Å². The molecule has 1 nitrogen and oxygen atoms in total. The molecular formula is C17H28O. The Morgan fingerprint density at radius 1 is 1.00 bits per heavy atom. The Morgan fingerprint density at radius 2 is 1.61 bits per heavy atom. The van der Waals surface area contributed by atoms with E-state index >= 15 is 0 Å². The zero-order chi connectivity index (χ0) is 13.5. The number of benzene rings is 1. The minimum absolute atomic E-state index is 0.625. The van der Waals surface area contributed by atoms with Crippen LogP contribution < -0.4 is 4.74 Å². The van der Waals surface area contributed by atoms with Gasteiger partial charge in [-0.25, -0.2) is 0 Å². The molecule has 2 atom stereocenters. The average molecular weight is 248 g/mol. The molecule has 18 heavy (non-hydrogen) atoms. The van der Waals surface area contributed by atoms with E-state index in [0.29, 0.717) is 11.8 Å². The molecule has 1 heteroatoms. The summed E-state index contributed by atoms with van der Waals surface area (Å²) in [5.74, 6) is 3.06. The first-order chi connectivity index (χ1) is 8.54. The van der Waals surface area contributed by atoms with E-state index in [1.54, 1.807) is 0 Å². The molecular weight excluding hydrogens is 220 g/mol. The summed E-state index contributed by atoms with van der Waals surface area (Å²) in [6.45, 7) is 12.1. The van der Waals surface area contributed by atoms with Crippen LogP contribution in [0.1, 0.15) is 58.9 Å². The molecule has 102 valence electrons. The van der Waals surface area contributed by atoms with Crippen molar-refractivity contribution in [2.45, 2.75) is 53.4 Å². The highest BCUT2D eigenvalue weighted by atomic mass is 16.5. The largest absolute Gasteiger partial charge is 0.494 e. The monoisotopic (exact) mass is 248 g/mol. The second-order valence-corrected chi connectivity index (χ2v) is 5.77. The Morgan fingerprint density at radius 3 is 2.11 bits per heavy atom. The van der Waals surface area contributed by atoms with E-state index in [4.69, 9.17) is 4.74 Å². The Bertz CT molecular complexity index is 326. The van der Waals surface area contributed by atoms with Crippen molar-refractivity contribution in [3.8, 4) is 5.75 Å². The lowest BCUT2D eigenvalue weighted by atomic mass is 9.87. The first kappa shape index (κ1) is 15.1. The predicted octanol–water partition coefficient (Wildman–Crippen LogP) is 5.26. The molecule has 0 saturated carbocycles. The number of hydrogen-bond donors (Lipinski definition) is 0. The average Bonchev–Trinajstić information content (AvgIpc) is 2.37. The molecule has 0 radical (unpaired) electrons. The molecule has 1 aromatic carbocycles. The van der Waals surface area contributed by atoms with E-state index in [0.717, 1.165) is 24.7 Å². The molecule has 0 aliphatic heterocycles. The second kappa shape index (κ2) is 7.45. The summed E-state index contributed by atoms with van der Waals surface area (Å²) in [5.41, 5.74) is 1.42. The van der Waals surface area contributed by atoms with Gasteiger partial charge < -0.3 is 4.74 Å². The molecule has 0 amide bonds. The third kappa shape index (κ3) is 4.72. The zero-order valence-corrected chi connectivity index (χ0v) is 12.6. The standard InChI is InChI=1S/C17H28O/c1-6-14(4)15(5)16-7-9-17(10-8-16)18-12-11-13(2)3/h7-10,13-15H,6,11-12H2,1-5H3. The van der Waals surface area contributed by atoms with Gasteiger partial charge in [0.05, 0.1) is 6.61 Å². The SMILES string of the molecule is CCC(C)C(C)c1ccc(OCCC(C)C)cc1. The van der Waals surface area contributed by atoms with Crippen molar-refractivity contribution in [3.05, 3.63) is 29.8 Å². The summed E-state index contributed by atoms with van der Waals surface area (Å²) in [5, 5.41) is 0. The van der Waals surface area contributed by atoms with Gasteiger partial charge in [0.25, 0.3) is 0 Å². The van der Waals surface area contributed by atoms with Gasteiger partial charge in [0.15, 0.2) is 0 Å². The number of hydrogen-bond acceptors (Lipinski definition) is 1. The molecule has 0 fully saturated rings. The molecule has 2 unspecified atom stereocenters. The van der Waals surface area contributed by atoms with Crippen molar-refractivity contribution in [1.82, 2.24) is 0 Å². The number of rotatable bonds is 7. The minimum atomic E-state index is 0.625. The van der Waals surface area contributed by atoms with Gasteiger partial charge in [-0.3, -0.25) is 0 Å². The van der Waals surface area contributed by atoms with Gasteiger partial charge in [-0.15, -0.1) is 0 Å². The van der Waals surface area contributed by atoms with Crippen LogP contribution in [-0.2, 0) is 0 Å². The highest BCUT2D eigenvalue weighted by Gasteiger charge is 2.12. The fraction of sp³-hybridized carbons (Fsp3) is 0.647. The van der Waals surface area contributed by atoms with E-state index in [1.165, 1.54) is 12.0 Å². The third-order valence-electron chi connectivity index (χ3n) is 3.87. The fourth-order valence-corrected chi connectivity index (χ4v) is 1.96. The van der Waals surface area contributed by atoms with Crippen LogP contribution >= 0.6 is 0 Å². The fourth-order valence-electron chi connectivity index (χ4n) is 1.96. The number of ether oxygens (including phenoxy) is 1. The van der Waals surface area contributed by atoms with E-state index < -0.39 is 0 Å². The van der Waals surface area contributed by atoms with Gasteiger partial charge in [-0.1, -0.05) is 53.2 Å². The van der Waals surface area contributed by atoms with Crippen molar-refractivity contribution < 1.29 is 4.74 Å². The first-order valence-corrected chi connectivity index (χ1v) is 7.27. The van der Waals surface area contributed by atoms with E-state index in [2.05, 4.69) is 58.9 Å². The first-order valence-electron chi connectivity index (χ1n) is 7.27. The molecule has 0 spiro atoms. The highest BCUT2D eigenvalue weighted by Crippen LogP contribution is 2.27. The van der Waals surface area contributed by atoms with E-state index in [9.17, 15) is 0 Å². The topological polar surface area (TPSA) is 9.23 Å². The smallest absolute Gasteiger partial charge is 0.119 e. The van der Waals surface area contributed by atoms with Crippen LogP contribution in [0.15, 0.2) is 24.3 Å². The van der Waals surface area contributed by atoms with Gasteiger partial charge in [-0.2, -0.15) is 0 Å². The summed E-state index contributed by atoms with van der Waals surface area (Å²) in [4.78, 5) is 0. The summed E-state index contributed by atoms with van der Waals surface area (Å²) in [7, 11) is 0. The highest BCUT2D eigenvalue weighted by molar-refractivity contribution is 5.29. The van der Waals surface area contributed by atoms with Gasteiger partial charge in [-0.05, 0) is 41.9 Å². The third-order valence-corrected chi connectivity index (χ3v) is 3.87. The lowest BCUT2D eigenvalue weighted by Crippen LogP contribution is -2.05. The summed E-state index contributed by atoms with van der Waals surface area (Å²) in [6.07, 6.45) is 2.35. The normalized spacial score (nSPS) is 14.6. The minimum Gasteiger partial charge on any atom is -0.494 e. The Hall–Kier alpha value is -0.980. The van der Waals surface area contributed by atoms with E-state index in [1.807, 2.05) is 0 Å². The lowest BCUT2D eigenvalue weighted by Gasteiger charge is -2.19. The van der Waals surface area contributed by atoms with Crippen molar-refractivity contribution >= 4 is 0 Å². The maximum Gasteiger partial charge on any atom is 0.119 e. The Labute approximate surface area is 113 Å². The maximum atomic E-state index is 5.74. The van der Waals surface area contributed by atoms with Crippen molar-refractivity contribution in [3.63, 3.8) is 0 Å². The maximum absolute atomic E-state index is 5.74. The van der Waals surface area contributed by atoms with Crippen molar-refractivity contribution in [1.29, 1.82) is 0 Å². The lowest BCUT2D eigenvalue weighted by molar-refractivity contribution is 0.289. The molecule has 0 N–H and O–H groups in total. The zero-order valence-electron chi connectivity index (χ0n) is 12.6. The second-order valence-electron chi connectivity index (χ2n) is 5.77. The van der Waals surface area contributed by atoms with Crippen LogP contribution in [0.25, 0.3) is 0 Å². The molecule has 0 saturated heterocycles. The molecule has 1 aromatic rings. The quantitative estimate of drug-likeness (QED) is 0.639. The van der Waals surface area contributed by atoms with Crippen LogP contribution in [0, 0.1) is 11.8 Å². The van der Waals surface area contributed by atoms with Gasteiger partial charge >= 0.3 is 0 Å². The van der Waals surface area contributed by atoms with Crippen LogP contribution in [0.5, 0.6) is 5.75 Å². The Balaban J connectivity index is 2.52. The summed E-state index contributed by atoms with van der Waals surface area (Å²) < 4.78 is 5.74. The van der Waals surface area contributed by atoms with Gasteiger partial charge in [0.2, 0.25) is 0 Å². The van der Waals surface area contributed by atoms with Crippen LogP contribution in [-0.4, -0.2) is 6.61 Å². The van der Waals surface area contributed by atoms with Crippen molar-refractivity contribution in [2.75, 3.05) is 6.61 Å². The summed E-state index contributed by atoms with van der Waals surface area (Å²) in [6, 6.07) is 8.63. The van der Waals surface area contributed by atoms with Crippen molar-refractivity contribution in [2.24, 2.45) is 11.8 Å². The van der Waals surface area contributed by atoms with Crippen LogP contribution in [0.2, 0.25) is 0 Å². The van der Waals surface area contributed by atoms with Crippen LogP contribution in [0.3, 0.4) is 0 Å². The summed E-state index contributed by atoms with van der Waals surface area (Å²) >= 11 is 0. The molecule has 0 aliphatic rings. The molecule has 0 aliphatic carbocycles. The molecule has 0 heterocycles.